The van der Waals surface area contributed by atoms with E-state index in [2.05, 4.69) is 37.5 Å². The van der Waals surface area contributed by atoms with E-state index in [1.807, 2.05) is 0 Å². The van der Waals surface area contributed by atoms with Gasteiger partial charge in [-0.3, -0.25) is 19.9 Å². The van der Waals surface area contributed by atoms with Crippen LogP contribution in [-0.2, 0) is 9.47 Å². The molecule has 7 heteroatoms. The van der Waals surface area contributed by atoms with Gasteiger partial charge in [0.2, 0.25) is 5.54 Å². The number of rotatable bonds is 5. The Kier molecular flexibility index (Phi) is 4.32. The summed E-state index contributed by atoms with van der Waals surface area (Å²) in [6.45, 7) is 12.8. The Balaban J connectivity index is 2.11. The van der Waals surface area contributed by atoms with Crippen molar-refractivity contribution >= 4 is 0 Å². The first-order valence-electron chi connectivity index (χ1n) is 7.37. The molecule has 2 aliphatic heterocycles. The molecule has 7 nitrogen and oxygen atoms in total. The van der Waals surface area contributed by atoms with Crippen molar-refractivity contribution in [3.63, 3.8) is 0 Å². The third-order valence-electron chi connectivity index (χ3n) is 4.62. The molecule has 2 saturated heterocycles. The number of ether oxygens (including phenoxy) is 2. The first-order chi connectivity index (χ1) is 9.57. The molecule has 122 valence electrons. The summed E-state index contributed by atoms with van der Waals surface area (Å²) in [5.74, 6) is 0. The van der Waals surface area contributed by atoms with Gasteiger partial charge in [-0.2, -0.15) is 0 Å². The van der Waals surface area contributed by atoms with Crippen molar-refractivity contribution in [3.8, 4) is 0 Å². The number of nitrogens with zero attached hydrogens (tertiary/aromatic N) is 3. The lowest BCUT2D eigenvalue weighted by molar-refractivity contribution is -0.567. The van der Waals surface area contributed by atoms with E-state index in [4.69, 9.17) is 9.47 Å². The maximum atomic E-state index is 11.7. The van der Waals surface area contributed by atoms with E-state index in [-0.39, 0.29) is 16.0 Å². The van der Waals surface area contributed by atoms with Crippen molar-refractivity contribution in [2.75, 3.05) is 39.8 Å². The van der Waals surface area contributed by atoms with Crippen LogP contribution in [-0.4, -0.2) is 71.1 Å². The molecule has 21 heavy (non-hydrogen) atoms. The van der Waals surface area contributed by atoms with Crippen molar-refractivity contribution in [2.24, 2.45) is 0 Å². The van der Waals surface area contributed by atoms with Gasteiger partial charge in [0.05, 0.1) is 39.8 Å². The third-order valence-corrected chi connectivity index (χ3v) is 4.62. The lowest BCUT2D eigenvalue weighted by atomic mass is 9.95. The Labute approximate surface area is 126 Å². The molecule has 0 spiro atoms. The van der Waals surface area contributed by atoms with Crippen LogP contribution in [0.1, 0.15) is 34.6 Å². The molecule has 0 aromatic rings. The smallest absolute Gasteiger partial charge is 0.244 e. The van der Waals surface area contributed by atoms with E-state index < -0.39 is 5.54 Å². The van der Waals surface area contributed by atoms with Crippen LogP contribution in [0, 0.1) is 10.1 Å². The van der Waals surface area contributed by atoms with Crippen molar-refractivity contribution < 1.29 is 14.4 Å². The molecular formula is C14H27N3O4. The average Bonchev–Trinajstić information content (AvgIpc) is 2.82. The summed E-state index contributed by atoms with van der Waals surface area (Å²) in [6, 6.07) is 0. The minimum absolute atomic E-state index is 0.157. The average molecular weight is 301 g/mol. The summed E-state index contributed by atoms with van der Waals surface area (Å²) < 4.78 is 10.9. The highest BCUT2D eigenvalue weighted by molar-refractivity contribution is 4.94. The fourth-order valence-corrected chi connectivity index (χ4v) is 2.85. The molecule has 2 heterocycles. The predicted octanol–water partition coefficient (Wildman–Crippen LogP) is 1.16. The Bertz CT molecular complexity index is 383. The van der Waals surface area contributed by atoms with E-state index in [1.54, 1.807) is 6.92 Å². The first-order valence-corrected chi connectivity index (χ1v) is 7.37. The Morgan fingerprint density at radius 3 is 1.67 bits per heavy atom. The maximum absolute atomic E-state index is 11.7. The second-order valence-electron chi connectivity index (χ2n) is 7.73. The molecule has 2 aliphatic rings. The molecule has 0 atom stereocenters. The van der Waals surface area contributed by atoms with Gasteiger partial charge in [0.15, 0.2) is 0 Å². The van der Waals surface area contributed by atoms with E-state index in [9.17, 15) is 10.1 Å². The van der Waals surface area contributed by atoms with Gasteiger partial charge < -0.3 is 9.47 Å². The molecule has 0 aliphatic carbocycles. The van der Waals surface area contributed by atoms with Gasteiger partial charge in [-0.1, -0.05) is 0 Å². The van der Waals surface area contributed by atoms with Crippen LogP contribution in [0.15, 0.2) is 0 Å². The molecule has 0 unspecified atom stereocenters. The van der Waals surface area contributed by atoms with Crippen LogP contribution in [0.2, 0.25) is 0 Å². The summed E-state index contributed by atoms with van der Waals surface area (Å²) in [6.07, 6.45) is 0. The maximum Gasteiger partial charge on any atom is 0.244 e. The predicted molar refractivity (Wildman–Crippen MR) is 78.6 cm³/mol. The SMILES string of the molecule is CC1(C)COCN1CC(C)(CN1COCC1(C)C)[N+](=O)[O-]. The summed E-state index contributed by atoms with van der Waals surface area (Å²) in [5, 5.41) is 11.7. The highest BCUT2D eigenvalue weighted by Crippen LogP contribution is 2.29. The van der Waals surface area contributed by atoms with Gasteiger partial charge >= 0.3 is 0 Å². The number of hydrogen-bond acceptors (Lipinski definition) is 6. The molecule has 2 rings (SSSR count). The quantitative estimate of drug-likeness (QED) is 0.561. The summed E-state index contributed by atoms with van der Waals surface area (Å²) in [5.41, 5.74) is -1.36. The van der Waals surface area contributed by atoms with Crippen molar-refractivity contribution in [1.29, 1.82) is 0 Å². The summed E-state index contributed by atoms with van der Waals surface area (Å²) >= 11 is 0. The first kappa shape index (κ1) is 16.6. The zero-order chi connectivity index (χ0) is 15.9. The fourth-order valence-electron chi connectivity index (χ4n) is 2.85. The fraction of sp³-hybridized carbons (Fsp3) is 1.00. The van der Waals surface area contributed by atoms with Crippen LogP contribution in [0.5, 0.6) is 0 Å². The molecule has 0 saturated carbocycles. The monoisotopic (exact) mass is 301 g/mol. The second kappa shape index (κ2) is 5.46. The molecule has 0 aromatic heterocycles. The lowest BCUT2D eigenvalue weighted by Crippen LogP contribution is -2.58. The Hall–Kier alpha value is -0.760. The van der Waals surface area contributed by atoms with Crippen LogP contribution in [0.3, 0.4) is 0 Å². The van der Waals surface area contributed by atoms with E-state index in [0.717, 1.165) is 0 Å². The molecule has 2 fully saturated rings. The zero-order valence-electron chi connectivity index (χ0n) is 13.7. The highest BCUT2D eigenvalue weighted by Gasteiger charge is 2.48. The Morgan fingerprint density at radius 1 is 1.05 bits per heavy atom. The van der Waals surface area contributed by atoms with Crippen molar-refractivity contribution in [3.05, 3.63) is 10.1 Å². The molecule has 0 bridgehead atoms. The van der Waals surface area contributed by atoms with Crippen LogP contribution in [0.4, 0.5) is 0 Å². The Morgan fingerprint density at radius 2 is 1.43 bits per heavy atom. The lowest BCUT2D eigenvalue weighted by Gasteiger charge is -2.37. The second-order valence-corrected chi connectivity index (χ2v) is 7.73. The third kappa shape index (κ3) is 3.36. The topological polar surface area (TPSA) is 68.1 Å². The molecular weight excluding hydrogens is 274 g/mol. The largest absolute Gasteiger partial charge is 0.364 e. The standard InChI is InChI=1S/C14H27N3O4/c1-12(2)8-20-10-15(12)6-14(5,17(18)19)7-16-11-21-9-13(16,3)4/h6-11H2,1-5H3. The number of nitro groups is 1. The van der Waals surface area contributed by atoms with Crippen LogP contribution >= 0.6 is 0 Å². The van der Waals surface area contributed by atoms with Crippen molar-refractivity contribution in [2.45, 2.75) is 51.2 Å². The minimum Gasteiger partial charge on any atom is -0.364 e. The van der Waals surface area contributed by atoms with E-state index in [0.29, 0.717) is 39.8 Å². The van der Waals surface area contributed by atoms with Gasteiger partial charge in [0.25, 0.3) is 0 Å². The minimum atomic E-state index is -1.05. The van der Waals surface area contributed by atoms with Crippen LogP contribution < -0.4 is 0 Å². The molecule has 0 radical (unpaired) electrons. The van der Waals surface area contributed by atoms with E-state index >= 15 is 0 Å². The van der Waals surface area contributed by atoms with Crippen molar-refractivity contribution in [1.82, 2.24) is 9.80 Å². The summed E-state index contributed by atoms with van der Waals surface area (Å²) in [4.78, 5) is 15.6. The van der Waals surface area contributed by atoms with E-state index in [1.165, 1.54) is 0 Å². The van der Waals surface area contributed by atoms with Gasteiger partial charge in [0, 0.05) is 22.9 Å². The van der Waals surface area contributed by atoms with Gasteiger partial charge in [-0.15, -0.1) is 0 Å². The van der Waals surface area contributed by atoms with Gasteiger partial charge in [0.1, 0.15) is 0 Å². The molecule has 0 aromatic carbocycles. The molecule has 0 N–H and O–H groups in total. The zero-order valence-corrected chi connectivity index (χ0v) is 13.7. The summed E-state index contributed by atoms with van der Waals surface area (Å²) in [7, 11) is 0. The van der Waals surface area contributed by atoms with Gasteiger partial charge in [-0.05, 0) is 27.7 Å². The molecule has 0 amide bonds. The van der Waals surface area contributed by atoms with Gasteiger partial charge in [-0.25, -0.2) is 0 Å². The number of hydrogen-bond donors (Lipinski definition) is 0. The van der Waals surface area contributed by atoms with Crippen LogP contribution in [0.25, 0.3) is 0 Å². The highest BCUT2D eigenvalue weighted by atomic mass is 16.6. The normalized spacial score (nSPS) is 26.3.